The molecule has 6 nitrogen and oxygen atoms in total. The number of hydrogen-bond donors (Lipinski definition) is 2. The van der Waals surface area contributed by atoms with Gasteiger partial charge in [0.15, 0.2) is 0 Å². The zero-order chi connectivity index (χ0) is 17.7. The number of aromatic nitrogens is 2. The lowest BCUT2D eigenvalue weighted by molar-refractivity contribution is 0.240. The molecule has 0 aromatic carbocycles. The van der Waals surface area contributed by atoms with Gasteiger partial charge in [-0.3, -0.25) is 4.98 Å². The van der Waals surface area contributed by atoms with E-state index in [-0.39, 0.29) is 11.9 Å². The van der Waals surface area contributed by atoms with Crippen LogP contribution >= 0.6 is 11.3 Å². The summed E-state index contributed by atoms with van der Waals surface area (Å²) in [5, 5.41) is 8.77. The second-order valence-corrected chi connectivity index (χ2v) is 6.73. The molecule has 24 heavy (non-hydrogen) atoms. The third-order valence-electron chi connectivity index (χ3n) is 3.79. The van der Waals surface area contributed by atoms with Crippen LogP contribution in [0.15, 0.2) is 11.6 Å². The van der Waals surface area contributed by atoms with Gasteiger partial charge in [0.1, 0.15) is 5.75 Å². The van der Waals surface area contributed by atoms with Crippen molar-refractivity contribution in [1.82, 2.24) is 20.6 Å². The number of nitrogens with one attached hydrogen (secondary N) is 2. The Balaban J connectivity index is 1.85. The van der Waals surface area contributed by atoms with Crippen LogP contribution in [0.1, 0.15) is 40.4 Å². The van der Waals surface area contributed by atoms with E-state index in [2.05, 4.69) is 27.5 Å². The number of aryl methyl sites for hydroxylation is 2. The van der Waals surface area contributed by atoms with Crippen molar-refractivity contribution in [2.45, 2.75) is 40.2 Å². The van der Waals surface area contributed by atoms with E-state index < -0.39 is 0 Å². The molecule has 2 aromatic heterocycles. The fourth-order valence-corrected chi connectivity index (χ4v) is 3.26. The molecule has 130 valence electrons. The lowest BCUT2D eigenvalue weighted by Gasteiger charge is -2.14. The SMILES string of the molecule is COc1c(C)cnc(CNC(=O)NC[C@H](C)c2nc(C)cs2)c1C. The van der Waals surface area contributed by atoms with Gasteiger partial charge in [-0.05, 0) is 20.8 Å². The number of carbonyl (C=O) groups excluding carboxylic acids is 1. The van der Waals surface area contributed by atoms with Gasteiger partial charge in [-0.1, -0.05) is 6.92 Å². The first-order chi connectivity index (χ1) is 11.4. The summed E-state index contributed by atoms with van der Waals surface area (Å²) >= 11 is 1.62. The maximum absolute atomic E-state index is 12.0. The number of ether oxygens (including phenoxy) is 1. The highest BCUT2D eigenvalue weighted by atomic mass is 32.1. The van der Waals surface area contributed by atoms with Gasteiger partial charge in [0.25, 0.3) is 0 Å². The molecular formula is C17H24N4O2S. The van der Waals surface area contributed by atoms with Crippen molar-refractivity contribution in [3.63, 3.8) is 0 Å². The minimum Gasteiger partial charge on any atom is -0.496 e. The van der Waals surface area contributed by atoms with Crippen molar-refractivity contribution >= 4 is 17.4 Å². The van der Waals surface area contributed by atoms with Crippen LogP contribution in [-0.2, 0) is 6.54 Å². The maximum Gasteiger partial charge on any atom is 0.315 e. The largest absolute Gasteiger partial charge is 0.496 e. The molecule has 0 spiro atoms. The molecule has 0 fully saturated rings. The molecule has 0 saturated heterocycles. The number of rotatable bonds is 6. The Hall–Kier alpha value is -2.15. The van der Waals surface area contributed by atoms with Gasteiger partial charge in [0.2, 0.25) is 0 Å². The van der Waals surface area contributed by atoms with Crippen LogP contribution in [0, 0.1) is 20.8 Å². The molecule has 2 aromatic rings. The van der Waals surface area contributed by atoms with Gasteiger partial charge in [-0.25, -0.2) is 9.78 Å². The third-order valence-corrected chi connectivity index (χ3v) is 4.99. The number of thiazole rings is 1. The van der Waals surface area contributed by atoms with Crippen molar-refractivity contribution in [1.29, 1.82) is 0 Å². The Bertz CT molecular complexity index is 715. The van der Waals surface area contributed by atoms with E-state index in [0.29, 0.717) is 13.1 Å². The van der Waals surface area contributed by atoms with Gasteiger partial charge < -0.3 is 15.4 Å². The van der Waals surface area contributed by atoms with E-state index in [9.17, 15) is 4.79 Å². The summed E-state index contributed by atoms with van der Waals surface area (Å²) in [6.45, 7) is 8.82. The zero-order valence-electron chi connectivity index (χ0n) is 14.8. The summed E-state index contributed by atoms with van der Waals surface area (Å²) in [6.07, 6.45) is 1.76. The Labute approximate surface area is 146 Å². The topological polar surface area (TPSA) is 76.1 Å². The van der Waals surface area contributed by atoms with Crippen molar-refractivity contribution < 1.29 is 9.53 Å². The van der Waals surface area contributed by atoms with E-state index in [1.807, 2.05) is 26.2 Å². The van der Waals surface area contributed by atoms with Gasteiger partial charge in [-0.15, -0.1) is 11.3 Å². The minimum absolute atomic E-state index is 0.189. The van der Waals surface area contributed by atoms with Gasteiger partial charge in [-0.2, -0.15) is 0 Å². The highest BCUT2D eigenvalue weighted by Crippen LogP contribution is 2.23. The Kier molecular flexibility index (Phi) is 6.14. The summed E-state index contributed by atoms with van der Waals surface area (Å²) in [5.74, 6) is 1.00. The van der Waals surface area contributed by atoms with Crippen LogP contribution in [0.3, 0.4) is 0 Å². The maximum atomic E-state index is 12.0. The van der Waals surface area contributed by atoms with Crippen LogP contribution in [0.2, 0.25) is 0 Å². The Morgan fingerprint density at radius 2 is 2.08 bits per heavy atom. The number of nitrogens with zero attached hydrogens (tertiary/aromatic N) is 2. The zero-order valence-corrected chi connectivity index (χ0v) is 15.6. The Morgan fingerprint density at radius 1 is 1.33 bits per heavy atom. The molecule has 2 amide bonds. The second-order valence-electron chi connectivity index (χ2n) is 5.84. The van der Waals surface area contributed by atoms with E-state index >= 15 is 0 Å². The molecule has 7 heteroatoms. The lowest BCUT2D eigenvalue weighted by atomic mass is 10.1. The molecule has 0 aliphatic carbocycles. The van der Waals surface area contributed by atoms with Crippen LogP contribution in [0.5, 0.6) is 5.75 Å². The molecule has 0 saturated carbocycles. The molecule has 0 bridgehead atoms. The van der Waals surface area contributed by atoms with Crippen molar-refractivity contribution in [2.75, 3.05) is 13.7 Å². The first-order valence-electron chi connectivity index (χ1n) is 7.85. The molecule has 0 aliphatic rings. The van der Waals surface area contributed by atoms with Crippen LogP contribution in [-0.4, -0.2) is 29.7 Å². The van der Waals surface area contributed by atoms with Crippen LogP contribution in [0.25, 0.3) is 0 Å². The standard InChI is InChI=1S/C17H24N4O2S/c1-10-6-18-14(13(4)15(10)23-5)8-20-17(22)19-7-11(2)16-21-12(3)9-24-16/h6,9,11H,7-8H2,1-5H3,(H2,19,20,22)/t11-/m0/s1. The van der Waals surface area contributed by atoms with E-state index in [4.69, 9.17) is 4.74 Å². The number of hydrogen-bond acceptors (Lipinski definition) is 5. The predicted molar refractivity (Wildman–Crippen MR) is 95.8 cm³/mol. The molecule has 0 unspecified atom stereocenters. The number of carbonyl (C=O) groups is 1. The van der Waals surface area contributed by atoms with E-state index in [1.165, 1.54) is 0 Å². The summed E-state index contributed by atoms with van der Waals surface area (Å²) in [7, 11) is 1.64. The van der Waals surface area contributed by atoms with Gasteiger partial charge in [0, 0.05) is 40.9 Å². The quantitative estimate of drug-likeness (QED) is 0.841. The van der Waals surface area contributed by atoms with Crippen LogP contribution in [0.4, 0.5) is 4.79 Å². The third kappa shape index (κ3) is 4.44. The average molecular weight is 348 g/mol. The monoisotopic (exact) mass is 348 g/mol. The number of pyridine rings is 1. The highest BCUT2D eigenvalue weighted by Gasteiger charge is 2.13. The minimum atomic E-state index is -0.212. The summed E-state index contributed by atoms with van der Waals surface area (Å²) < 4.78 is 5.38. The summed E-state index contributed by atoms with van der Waals surface area (Å²) in [5.41, 5.74) is 3.75. The smallest absolute Gasteiger partial charge is 0.315 e. The lowest BCUT2D eigenvalue weighted by Crippen LogP contribution is -2.37. The van der Waals surface area contributed by atoms with Crippen LogP contribution < -0.4 is 15.4 Å². The molecule has 0 radical (unpaired) electrons. The van der Waals surface area contributed by atoms with Gasteiger partial charge >= 0.3 is 6.03 Å². The van der Waals surface area contributed by atoms with E-state index in [1.54, 1.807) is 24.6 Å². The Morgan fingerprint density at radius 3 is 2.71 bits per heavy atom. The fraction of sp³-hybridized carbons (Fsp3) is 0.471. The molecule has 2 heterocycles. The van der Waals surface area contributed by atoms with E-state index in [0.717, 1.165) is 33.3 Å². The van der Waals surface area contributed by atoms with Crippen molar-refractivity contribution in [2.24, 2.45) is 0 Å². The fourth-order valence-electron chi connectivity index (χ4n) is 2.41. The van der Waals surface area contributed by atoms with Crippen molar-refractivity contribution in [3.8, 4) is 5.75 Å². The molecule has 0 aliphatic heterocycles. The first kappa shape index (κ1) is 18.2. The highest BCUT2D eigenvalue weighted by molar-refractivity contribution is 7.09. The average Bonchev–Trinajstić information content (AvgIpc) is 2.99. The van der Waals surface area contributed by atoms with Crippen molar-refractivity contribution in [3.05, 3.63) is 39.1 Å². The number of amides is 2. The molecular weight excluding hydrogens is 324 g/mol. The predicted octanol–water partition coefficient (Wildman–Crippen LogP) is 3.07. The summed E-state index contributed by atoms with van der Waals surface area (Å²) in [4.78, 5) is 20.8. The van der Waals surface area contributed by atoms with Gasteiger partial charge in [0.05, 0.1) is 24.4 Å². The first-order valence-corrected chi connectivity index (χ1v) is 8.73. The second kappa shape index (κ2) is 8.10. The molecule has 1 atom stereocenters. The normalized spacial score (nSPS) is 11.9. The number of urea groups is 1. The molecule has 2 rings (SSSR count). The number of methoxy groups -OCH3 is 1. The summed E-state index contributed by atoms with van der Waals surface area (Å²) in [6, 6.07) is -0.212. The molecule has 2 N–H and O–H groups in total.